The summed E-state index contributed by atoms with van der Waals surface area (Å²) in [4.78, 5) is 22.2. The van der Waals surface area contributed by atoms with Crippen LogP contribution < -0.4 is 20.9 Å². The number of aromatic nitrogens is 1. The van der Waals surface area contributed by atoms with Crippen LogP contribution in [0, 0.1) is 5.41 Å². The minimum Gasteiger partial charge on any atom is -0.378 e. The highest BCUT2D eigenvalue weighted by molar-refractivity contribution is 5.94. The number of rotatable bonds is 20. The average Bonchev–Trinajstić information content (AvgIpc) is 3.65. The summed E-state index contributed by atoms with van der Waals surface area (Å²) >= 11 is 0. The Bertz CT molecular complexity index is 1050. The van der Waals surface area contributed by atoms with E-state index in [9.17, 15) is 4.79 Å². The largest absolute Gasteiger partial charge is 0.378 e. The first-order valence-corrected chi connectivity index (χ1v) is 15.1. The highest BCUT2D eigenvalue weighted by Gasteiger charge is 2.43. The maximum absolute atomic E-state index is 12.7. The number of hydrogen-bond acceptors (Lipinski definition) is 10. The van der Waals surface area contributed by atoms with Gasteiger partial charge in [0.05, 0.1) is 66.1 Å². The molecule has 3 heterocycles. The highest BCUT2D eigenvalue weighted by Crippen LogP contribution is 2.42. The zero-order valence-corrected chi connectivity index (χ0v) is 24.7. The van der Waals surface area contributed by atoms with Crippen molar-refractivity contribution < 1.29 is 28.5 Å². The minimum atomic E-state index is -0.118. The fourth-order valence-electron chi connectivity index (χ4n) is 5.39. The van der Waals surface area contributed by atoms with E-state index in [2.05, 4.69) is 50.4 Å². The van der Waals surface area contributed by atoms with Gasteiger partial charge in [0.2, 0.25) is 0 Å². The number of para-hydroxylation sites is 1. The number of nitrogens with two attached hydrogens (primary N) is 1. The molecule has 0 saturated carbocycles. The van der Waals surface area contributed by atoms with Gasteiger partial charge >= 0.3 is 0 Å². The zero-order valence-electron chi connectivity index (χ0n) is 24.7. The summed E-state index contributed by atoms with van der Waals surface area (Å²) in [6.45, 7) is 10.0. The van der Waals surface area contributed by atoms with E-state index in [1.54, 1.807) is 12.3 Å². The molecule has 1 aromatic heterocycles. The van der Waals surface area contributed by atoms with Crippen LogP contribution in [0.1, 0.15) is 23.2 Å². The van der Waals surface area contributed by atoms with Crippen LogP contribution in [0.5, 0.6) is 0 Å². The Morgan fingerprint density at radius 3 is 2.00 bits per heavy atom. The van der Waals surface area contributed by atoms with Crippen molar-refractivity contribution in [1.29, 1.82) is 0 Å². The summed E-state index contributed by atoms with van der Waals surface area (Å²) < 4.78 is 27.1. The van der Waals surface area contributed by atoms with E-state index < -0.39 is 0 Å². The molecule has 1 atom stereocenters. The van der Waals surface area contributed by atoms with Crippen LogP contribution in [0.4, 0.5) is 11.5 Å². The molecule has 11 nitrogen and oxygen atoms in total. The molecule has 0 aliphatic carbocycles. The molecule has 0 bridgehead atoms. The fraction of sp³-hybridized carbons (Fsp3) is 0.613. The van der Waals surface area contributed by atoms with Crippen LogP contribution in [0.3, 0.4) is 0 Å². The van der Waals surface area contributed by atoms with Crippen LogP contribution >= 0.6 is 0 Å². The quantitative estimate of drug-likeness (QED) is 0.223. The molecule has 42 heavy (non-hydrogen) atoms. The lowest BCUT2D eigenvalue weighted by Gasteiger charge is -2.26. The number of ether oxygens (including phenoxy) is 5. The topological polar surface area (TPSA) is 121 Å². The van der Waals surface area contributed by atoms with Crippen LogP contribution in [0.2, 0.25) is 0 Å². The maximum atomic E-state index is 12.7. The number of anilines is 2. The van der Waals surface area contributed by atoms with Crippen molar-refractivity contribution >= 4 is 17.4 Å². The third-order valence-electron chi connectivity index (χ3n) is 7.61. The number of amides is 1. The van der Waals surface area contributed by atoms with Crippen molar-refractivity contribution in [2.45, 2.75) is 12.8 Å². The summed E-state index contributed by atoms with van der Waals surface area (Å²) in [5.74, 6) is 0.753. The van der Waals surface area contributed by atoms with Gasteiger partial charge in [-0.15, -0.1) is 0 Å². The normalized spacial score (nSPS) is 18.3. The molecule has 2 saturated heterocycles. The monoisotopic (exact) mass is 585 g/mol. The van der Waals surface area contributed by atoms with Gasteiger partial charge in [0.15, 0.2) is 0 Å². The second-order valence-electron chi connectivity index (χ2n) is 10.7. The molecule has 1 aromatic carbocycles. The van der Waals surface area contributed by atoms with Crippen molar-refractivity contribution in [3.05, 3.63) is 54.2 Å². The fourth-order valence-corrected chi connectivity index (χ4v) is 5.39. The van der Waals surface area contributed by atoms with Crippen LogP contribution in [-0.4, -0.2) is 116 Å². The number of nitrogens with zero attached hydrogens (tertiary/aromatic N) is 3. The van der Waals surface area contributed by atoms with E-state index in [1.165, 1.54) is 12.1 Å². The van der Waals surface area contributed by atoms with Crippen molar-refractivity contribution in [3.8, 4) is 0 Å². The summed E-state index contributed by atoms with van der Waals surface area (Å²) in [6, 6.07) is 14.3. The van der Waals surface area contributed by atoms with Crippen molar-refractivity contribution in [2.24, 2.45) is 11.1 Å². The summed E-state index contributed by atoms with van der Waals surface area (Å²) in [6.07, 6.45) is 4.05. The lowest BCUT2D eigenvalue weighted by atomic mass is 9.86. The van der Waals surface area contributed by atoms with Crippen LogP contribution in [-0.2, 0) is 23.7 Å². The SMILES string of the molecule is NCCOCCOCCOCCOCCOCCNC(=O)c1ccnc(N2CCC3(CCN(c4ccccc4)C3)C2)c1. The Balaban J connectivity index is 1.03. The molecular weight excluding hydrogens is 538 g/mol. The van der Waals surface area contributed by atoms with Crippen molar-refractivity contribution in [2.75, 3.05) is 115 Å². The maximum Gasteiger partial charge on any atom is 0.251 e. The number of carbonyl (C=O) groups excluding carboxylic acids is 1. The number of carbonyl (C=O) groups is 1. The molecule has 2 aromatic rings. The Kier molecular flexibility index (Phi) is 13.8. The zero-order chi connectivity index (χ0) is 29.3. The first-order chi connectivity index (χ1) is 20.7. The predicted octanol–water partition coefficient (Wildman–Crippen LogP) is 1.96. The molecule has 11 heteroatoms. The van der Waals surface area contributed by atoms with Gasteiger partial charge < -0.3 is 44.5 Å². The molecule has 2 fully saturated rings. The van der Waals surface area contributed by atoms with E-state index in [1.807, 2.05) is 6.07 Å². The van der Waals surface area contributed by atoms with Gasteiger partial charge in [-0.1, -0.05) is 18.2 Å². The van der Waals surface area contributed by atoms with Crippen molar-refractivity contribution in [1.82, 2.24) is 10.3 Å². The first-order valence-electron chi connectivity index (χ1n) is 15.1. The predicted molar refractivity (Wildman–Crippen MR) is 162 cm³/mol. The minimum absolute atomic E-state index is 0.118. The van der Waals surface area contributed by atoms with Crippen LogP contribution in [0.15, 0.2) is 48.7 Å². The highest BCUT2D eigenvalue weighted by atomic mass is 16.6. The van der Waals surface area contributed by atoms with Gasteiger partial charge in [0, 0.05) is 62.1 Å². The summed E-state index contributed by atoms with van der Waals surface area (Å²) in [7, 11) is 0. The van der Waals surface area contributed by atoms with Gasteiger partial charge in [0.1, 0.15) is 5.82 Å². The van der Waals surface area contributed by atoms with Gasteiger partial charge in [-0.25, -0.2) is 4.98 Å². The second-order valence-corrected chi connectivity index (χ2v) is 10.7. The number of pyridine rings is 1. The van der Waals surface area contributed by atoms with E-state index >= 15 is 0 Å². The average molecular weight is 586 g/mol. The van der Waals surface area contributed by atoms with Crippen LogP contribution in [0.25, 0.3) is 0 Å². The van der Waals surface area contributed by atoms with E-state index in [4.69, 9.17) is 29.4 Å². The van der Waals surface area contributed by atoms with E-state index in [0.717, 1.165) is 38.4 Å². The lowest BCUT2D eigenvalue weighted by Crippen LogP contribution is -2.31. The number of benzene rings is 1. The molecule has 4 rings (SSSR count). The van der Waals surface area contributed by atoms with Gasteiger partial charge in [-0.05, 0) is 37.1 Å². The van der Waals surface area contributed by atoms with Gasteiger partial charge in [-0.3, -0.25) is 4.79 Å². The molecular formula is C31H47N5O6. The van der Waals surface area contributed by atoms with E-state index in [0.29, 0.717) is 84.7 Å². The second kappa shape index (κ2) is 18.0. The standard InChI is InChI=1S/C31H47N5O6/c32-9-14-38-16-18-40-20-22-42-23-21-41-19-17-39-15-11-34-30(37)27-6-10-33-29(24-27)36-13-8-31(26-36)7-12-35(25-31)28-4-2-1-3-5-28/h1-6,10,24H,7-9,11-23,25-26,32H2,(H,34,37). The molecule has 1 spiro atoms. The smallest absolute Gasteiger partial charge is 0.251 e. The summed E-state index contributed by atoms with van der Waals surface area (Å²) in [5, 5.41) is 2.94. The van der Waals surface area contributed by atoms with Crippen molar-refractivity contribution in [3.63, 3.8) is 0 Å². The lowest BCUT2D eigenvalue weighted by molar-refractivity contribution is -0.0102. The molecule has 1 unspecified atom stereocenters. The third-order valence-corrected chi connectivity index (χ3v) is 7.61. The molecule has 0 radical (unpaired) electrons. The Morgan fingerprint density at radius 1 is 0.786 bits per heavy atom. The van der Waals surface area contributed by atoms with Gasteiger partial charge in [0.25, 0.3) is 5.91 Å². The Hall–Kier alpha value is -2.80. The number of hydrogen-bond donors (Lipinski definition) is 2. The molecule has 3 N–H and O–H groups in total. The van der Waals surface area contributed by atoms with Gasteiger partial charge in [-0.2, -0.15) is 0 Å². The Labute approximate surface area is 249 Å². The molecule has 1 amide bonds. The Morgan fingerprint density at radius 2 is 1.36 bits per heavy atom. The number of nitrogens with one attached hydrogen (secondary N) is 1. The molecule has 2 aliphatic rings. The molecule has 2 aliphatic heterocycles. The first kappa shape index (κ1) is 32.1. The van der Waals surface area contributed by atoms with E-state index in [-0.39, 0.29) is 11.3 Å². The summed E-state index contributed by atoms with van der Waals surface area (Å²) in [5.41, 5.74) is 7.53. The third kappa shape index (κ3) is 10.5. The molecule has 232 valence electrons.